The fourth-order valence-electron chi connectivity index (χ4n) is 6.50. The topological polar surface area (TPSA) is 12.0 Å². The number of anilines is 1. The van der Waals surface area contributed by atoms with Crippen LogP contribution in [0.5, 0.6) is 0 Å². The zero-order valence-electron chi connectivity index (χ0n) is 23.8. The van der Waals surface area contributed by atoms with Crippen molar-refractivity contribution < 1.29 is 0 Å². The second-order valence-corrected chi connectivity index (χ2v) is 11.6. The van der Waals surface area contributed by atoms with Gasteiger partial charge in [-0.3, -0.25) is 0 Å². The van der Waals surface area contributed by atoms with E-state index in [9.17, 15) is 0 Å². The lowest BCUT2D eigenvalue weighted by atomic mass is 9.76. The second-order valence-electron chi connectivity index (χ2n) is 11.6. The van der Waals surface area contributed by atoms with Gasteiger partial charge in [-0.15, -0.1) is 0 Å². The molecule has 5 aromatic rings. The Hall–Kier alpha value is -4.88. The predicted molar refractivity (Wildman–Crippen MR) is 176 cm³/mol. The van der Waals surface area contributed by atoms with Gasteiger partial charge in [0.25, 0.3) is 0 Å². The lowest BCUT2D eigenvalue weighted by Crippen LogP contribution is -2.17. The Morgan fingerprint density at radius 2 is 1.20 bits per heavy atom. The molecule has 1 N–H and O–H groups in total. The summed E-state index contributed by atoms with van der Waals surface area (Å²) in [6.07, 6.45) is 8.55. The zero-order valence-corrected chi connectivity index (χ0v) is 23.8. The molecule has 0 atom stereocenters. The van der Waals surface area contributed by atoms with E-state index >= 15 is 0 Å². The van der Waals surface area contributed by atoms with Gasteiger partial charge < -0.3 is 5.32 Å². The smallest absolute Gasteiger partial charge is 0.0460 e. The van der Waals surface area contributed by atoms with Crippen LogP contribution in [-0.4, -0.2) is 0 Å². The monoisotopic (exact) mass is 527 g/mol. The molecule has 0 aromatic heterocycles. The highest BCUT2D eigenvalue weighted by Crippen LogP contribution is 2.53. The average Bonchev–Trinajstić information content (AvgIpc) is 3.21. The van der Waals surface area contributed by atoms with Gasteiger partial charge in [0.05, 0.1) is 0 Å². The maximum atomic E-state index is 3.58. The average molecular weight is 528 g/mol. The van der Waals surface area contributed by atoms with Crippen molar-refractivity contribution in [2.75, 3.05) is 5.32 Å². The van der Waals surface area contributed by atoms with E-state index in [4.69, 9.17) is 0 Å². The van der Waals surface area contributed by atoms with Gasteiger partial charge in [0.1, 0.15) is 0 Å². The molecule has 0 spiro atoms. The van der Waals surface area contributed by atoms with Crippen LogP contribution in [0.1, 0.15) is 36.1 Å². The minimum Gasteiger partial charge on any atom is -0.361 e. The molecule has 0 saturated heterocycles. The van der Waals surface area contributed by atoms with Crippen molar-refractivity contribution in [2.45, 2.75) is 26.2 Å². The molecule has 1 heterocycles. The molecule has 1 aliphatic carbocycles. The first kappa shape index (κ1) is 25.1. The minimum absolute atomic E-state index is 0.127. The van der Waals surface area contributed by atoms with Crippen molar-refractivity contribution in [1.82, 2.24) is 0 Å². The predicted octanol–water partition coefficient (Wildman–Crippen LogP) is 10.7. The van der Waals surface area contributed by atoms with E-state index in [1.807, 2.05) is 6.20 Å². The molecule has 1 heteroatoms. The van der Waals surface area contributed by atoms with Gasteiger partial charge in [0, 0.05) is 22.9 Å². The highest BCUT2D eigenvalue weighted by atomic mass is 14.8. The number of fused-ring (bicyclic) bond motifs is 6. The van der Waals surface area contributed by atoms with E-state index in [0.29, 0.717) is 0 Å². The molecular formula is C40H33N. The van der Waals surface area contributed by atoms with E-state index < -0.39 is 0 Å². The molecule has 0 amide bonds. The summed E-state index contributed by atoms with van der Waals surface area (Å²) in [6, 6.07) is 42.2. The Morgan fingerprint density at radius 1 is 0.537 bits per heavy atom. The Balaban J connectivity index is 1.42. The highest BCUT2D eigenvalue weighted by Gasteiger charge is 2.38. The molecule has 1 nitrogen and oxygen atoms in total. The number of hydrogen-bond acceptors (Lipinski definition) is 1. The third-order valence-corrected chi connectivity index (χ3v) is 8.58. The maximum Gasteiger partial charge on any atom is 0.0460 e. The number of allylic oxidation sites excluding steroid dienone is 5. The van der Waals surface area contributed by atoms with E-state index in [1.54, 1.807) is 0 Å². The molecule has 0 fully saturated rings. The van der Waals surface area contributed by atoms with E-state index in [0.717, 1.165) is 5.69 Å². The molecule has 1 aliphatic heterocycles. The number of rotatable bonds is 2. The molecule has 0 bridgehead atoms. The molecule has 0 unspecified atom stereocenters. The van der Waals surface area contributed by atoms with Crippen LogP contribution in [0.15, 0.2) is 140 Å². The van der Waals surface area contributed by atoms with Crippen molar-refractivity contribution in [1.29, 1.82) is 0 Å². The summed E-state index contributed by atoms with van der Waals surface area (Å²) in [6.45, 7) is 6.85. The summed E-state index contributed by atoms with van der Waals surface area (Å²) >= 11 is 0. The standard InChI is InChI=1S/C40H33N/c1-27-18-20-28(21-19-27)29-11-10-12-30(25-29)31-22-23-38-36(26-31)32-13-4-5-15-34(32)39-35(16-8-9-24-41-38)33-14-6-7-17-37(33)40(39,2)3/h4-26,41H,1-3H3/b16-8-,24-9+. The number of benzene rings is 5. The second kappa shape index (κ2) is 9.94. The van der Waals surface area contributed by atoms with E-state index in [-0.39, 0.29) is 5.41 Å². The first-order chi connectivity index (χ1) is 20.0. The van der Waals surface area contributed by atoms with Crippen molar-refractivity contribution >= 4 is 16.8 Å². The SMILES string of the molecule is Cc1ccc(-c2cccc(-c3ccc4c(c3)-c3ccccc3C3=C(/C=C\C=C\N4)c4ccccc4C3(C)C)c2)cc1. The fourth-order valence-corrected chi connectivity index (χ4v) is 6.50. The van der Waals surface area contributed by atoms with Gasteiger partial charge in [-0.2, -0.15) is 0 Å². The van der Waals surface area contributed by atoms with Crippen molar-refractivity contribution in [3.05, 3.63) is 162 Å². The lowest BCUT2D eigenvalue weighted by Gasteiger charge is -2.27. The maximum absolute atomic E-state index is 3.58. The first-order valence-corrected chi connectivity index (χ1v) is 14.4. The van der Waals surface area contributed by atoms with Gasteiger partial charge in [-0.25, -0.2) is 0 Å². The van der Waals surface area contributed by atoms with Crippen LogP contribution < -0.4 is 5.32 Å². The molecule has 41 heavy (non-hydrogen) atoms. The van der Waals surface area contributed by atoms with Crippen LogP contribution >= 0.6 is 0 Å². The van der Waals surface area contributed by atoms with Crippen molar-refractivity contribution in [3.63, 3.8) is 0 Å². The van der Waals surface area contributed by atoms with E-state index in [2.05, 4.69) is 160 Å². The van der Waals surface area contributed by atoms with Gasteiger partial charge in [0.2, 0.25) is 0 Å². The third kappa shape index (κ3) is 4.35. The minimum atomic E-state index is -0.127. The number of aryl methyl sites for hydroxylation is 1. The quantitative estimate of drug-likeness (QED) is 0.241. The molecule has 7 rings (SSSR count). The molecular weight excluding hydrogens is 494 g/mol. The van der Waals surface area contributed by atoms with Gasteiger partial charge in [-0.05, 0) is 86.9 Å². The van der Waals surface area contributed by atoms with Crippen LogP contribution in [0.4, 0.5) is 5.69 Å². The van der Waals surface area contributed by atoms with Crippen LogP contribution in [0.2, 0.25) is 0 Å². The fraction of sp³-hybridized carbons (Fsp3) is 0.100. The van der Waals surface area contributed by atoms with Crippen LogP contribution in [0.3, 0.4) is 0 Å². The highest BCUT2D eigenvalue weighted by molar-refractivity contribution is 6.08. The Labute approximate surface area is 243 Å². The summed E-state index contributed by atoms with van der Waals surface area (Å²) in [7, 11) is 0. The molecule has 5 aromatic carbocycles. The molecule has 0 saturated carbocycles. The third-order valence-electron chi connectivity index (χ3n) is 8.58. The summed E-state index contributed by atoms with van der Waals surface area (Å²) < 4.78 is 0. The lowest BCUT2D eigenvalue weighted by molar-refractivity contribution is 0.704. The van der Waals surface area contributed by atoms with Gasteiger partial charge in [0.15, 0.2) is 0 Å². The zero-order chi connectivity index (χ0) is 28.0. The molecule has 0 radical (unpaired) electrons. The Morgan fingerprint density at radius 3 is 2.00 bits per heavy atom. The Bertz CT molecular complexity index is 1880. The summed E-state index contributed by atoms with van der Waals surface area (Å²) in [5.74, 6) is 0. The van der Waals surface area contributed by atoms with Gasteiger partial charge >= 0.3 is 0 Å². The van der Waals surface area contributed by atoms with Crippen molar-refractivity contribution in [3.8, 4) is 33.4 Å². The van der Waals surface area contributed by atoms with Gasteiger partial charge in [-0.1, -0.05) is 129 Å². The summed E-state index contributed by atoms with van der Waals surface area (Å²) in [5.41, 5.74) is 16.2. The normalized spacial score (nSPS) is 16.4. The number of nitrogens with one attached hydrogen (secondary N) is 1. The van der Waals surface area contributed by atoms with Crippen LogP contribution in [0.25, 0.3) is 44.5 Å². The van der Waals surface area contributed by atoms with Crippen LogP contribution in [-0.2, 0) is 5.41 Å². The Kier molecular flexibility index (Phi) is 6.09. The number of hydrogen-bond donors (Lipinski definition) is 1. The first-order valence-electron chi connectivity index (χ1n) is 14.4. The van der Waals surface area contributed by atoms with Crippen LogP contribution in [0, 0.1) is 6.92 Å². The van der Waals surface area contributed by atoms with Crippen molar-refractivity contribution in [2.24, 2.45) is 0 Å². The van der Waals surface area contributed by atoms with E-state index in [1.165, 1.54) is 66.8 Å². The largest absolute Gasteiger partial charge is 0.361 e. The summed E-state index contributed by atoms with van der Waals surface area (Å²) in [4.78, 5) is 0. The molecule has 198 valence electrons. The molecule has 2 aliphatic rings. The summed E-state index contributed by atoms with van der Waals surface area (Å²) in [5, 5.41) is 3.58.